The van der Waals surface area contributed by atoms with Crippen molar-refractivity contribution in [1.29, 1.82) is 0 Å². The molecule has 1 atom stereocenters. The largest absolute Gasteiger partial charge is 0.382 e. The molecule has 2 nitrogen and oxygen atoms in total. The van der Waals surface area contributed by atoms with Crippen molar-refractivity contribution >= 4 is 29.5 Å². The van der Waals surface area contributed by atoms with E-state index < -0.39 is 10.4 Å². The van der Waals surface area contributed by atoms with Gasteiger partial charge in [-0.3, -0.25) is 0 Å². The highest BCUT2D eigenvalue weighted by Gasteiger charge is 2.33. The van der Waals surface area contributed by atoms with Gasteiger partial charge in [-0.25, -0.2) is 0 Å². The predicted molar refractivity (Wildman–Crippen MR) is 56.7 cm³/mol. The van der Waals surface area contributed by atoms with Crippen molar-refractivity contribution in [3.63, 3.8) is 0 Å². The molecule has 0 heterocycles. The van der Waals surface area contributed by atoms with Gasteiger partial charge in [0.1, 0.15) is 6.10 Å². The number of carbonyl (C=O) groups is 1. The summed E-state index contributed by atoms with van der Waals surface area (Å²) in [6.07, 6.45) is -0.800. The van der Waals surface area contributed by atoms with Crippen LogP contribution in [0, 0.1) is 0 Å². The quantitative estimate of drug-likeness (QED) is 0.637. The molecule has 1 aromatic rings. The molecule has 0 aromatic heterocycles. The van der Waals surface area contributed by atoms with Crippen LogP contribution in [0.4, 0.5) is 0 Å². The van der Waals surface area contributed by atoms with Crippen molar-refractivity contribution in [3.8, 4) is 0 Å². The Morgan fingerprint density at radius 2 is 1.93 bits per heavy atom. The highest BCUT2D eigenvalue weighted by Crippen LogP contribution is 2.29. The van der Waals surface area contributed by atoms with E-state index in [1.807, 2.05) is 30.3 Å². The molecule has 14 heavy (non-hydrogen) atoms. The number of hydrogen-bond donors (Lipinski definition) is 1. The minimum atomic E-state index is -1.46. The van der Waals surface area contributed by atoms with Crippen molar-refractivity contribution in [1.82, 2.24) is 0 Å². The van der Waals surface area contributed by atoms with E-state index in [0.717, 1.165) is 5.56 Å². The smallest absolute Gasteiger partial charge is 0.154 e. The minimum Gasteiger partial charge on any atom is -0.382 e. The third kappa shape index (κ3) is 2.98. The topological polar surface area (TPSA) is 37.3 Å². The number of aliphatic hydroxyl groups excluding tert-OH is 1. The molecule has 1 unspecified atom stereocenters. The number of hydrogen-bond acceptors (Lipinski definition) is 2. The fourth-order valence-electron chi connectivity index (χ4n) is 1.07. The lowest BCUT2D eigenvalue weighted by molar-refractivity contribution is -0.115. The third-order valence-corrected chi connectivity index (χ3v) is 2.56. The maximum Gasteiger partial charge on any atom is 0.154 e. The van der Waals surface area contributed by atoms with E-state index in [2.05, 4.69) is 0 Å². The lowest BCUT2D eigenvalue weighted by Gasteiger charge is -2.21. The Morgan fingerprint density at radius 3 is 2.43 bits per heavy atom. The van der Waals surface area contributed by atoms with Crippen molar-refractivity contribution in [2.24, 2.45) is 0 Å². The molecule has 0 fully saturated rings. The molecule has 4 heteroatoms. The second-order valence-corrected chi connectivity index (χ2v) is 4.55. The number of aliphatic hydroxyl groups is 1. The summed E-state index contributed by atoms with van der Waals surface area (Å²) in [6, 6.07) is 9.21. The zero-order chi connectivity index (χ0) is 10.6. The van der Waals surface area contributed by atoms with Gasteiger partial charge < -0.3 is 9.90 Å². The number of alkyl halides is 2. The average Bonchev–Trinajstić information content (AvgIpc) is 2.17. The van der Waals surface area contributed by atoms with Crippen LogP contribution in [0.1, 0.15) is 5.56 Å². The number of rotatable bonds is 4. The molecule has 0 saturated carbocycles. The predicted octanol–water partition coefficient (Wildman–Crippen LogP) is 1.96. The Morgan fingerprint density at radius 1 is 1.36 bits per heavy atom. The van der Waals surface area contributed by atoms with Gasteiger partial charge in [-0.05, 0) is 5.56 Å². The Labute approximate surface area is 92.5 Å². The van der Waals surface area contributed by atoms with Crippen LogP contribution in [-0.2, 0) is 11.2 Å². The molecule has 0 spiro atoms. The molecule has 1 aromatic carbocycles. The van der Waals surface area contributed by atoms with Crippen LogP contribution in [0.25, 0.3) is 0 Å². The molecule has 1 rings (SSSR count). The Hall–Kier alpha value is -0.570. The van der Waals surface area contributed by atoms with Gasteiger partial charge in [0.05, 0.1) is 0 Å². The summed E-state index contributed by atoms with van der Waals surface area (Å²) < 4.78 is -1.46. The van der Waals surface area contributed by atoms with Crippen molar-refractivity contribution < 1.29 is 9.90 Å². The van der Waals surface area contributed by atoms with Gasteiger partial charge in [0.25, 0.3) is 0 Å². The number of halogens is 2. The summed E-state index contributed by atoms with van der Waals surface area (Å²) in [5.41, 5.74) is 0.874. The van der Waals surface area contributed by atoms with Gasteiger partial charge >= 0.3 is 0 Å². The molecule has 0 amide bonds. The van der Waals surface area contributed by atoms with E-state index in [0.29, 0.717) is 6.29 Å². The van der Waals surface area contributed by atoms with E-state index in [9.17, 15) is 9.90 Å². The fourth-order valence-corrected chi connectivity index (χ4v) is 1.48. The maximum absolute atomic E-state index is 10.3. The Balaban J connectivity index is 2.73. The molecule has 76 valence electrons. The molecule has 0 aliphatic rings. The lowest BCUT2D eigenvalue weighted by Crippen LogP contribution is -2.34. The molecule has 0 bridgehead atoms. The highest BCUT2D eigenvalue weighted by molar-refractivity contribution is 6.49. The number of benzene rings is 1. The van der Waals surface area contributed by atoms with E-state index >= 15 is 0 Å². The molecule has 0 saturated heterocycles. The van der Waals surface area contributed by atoms with Crippen LogP contribution in [-0.4, -0.2) is 21.8 Å². The number of aldehydes is 1. The van der Waals surface area contributed by atoms with E-state index in [1.54, 1.807) is 0 Å². The molecular weight excluding hydrogens is 223 g/mol. The zero-order valence-corrected chi connectivity index (χ0v) is 8.87. The van der Waals surface area contributed by atoms with Gasteiger partial charge in [-0.2, -0.15) is 0 Å². The molecule has 0 radical (unpaired) electrons. The highest BCUT2D eigenvalue weighted by atomic mass is 35.5. The van der Waals surface area contributed by atoms with E-state index in [-0.39, 0.29) is 6.42 Å². The van der Waals surface area contributed by atoms with Crippen LogP contribution in [0.2, 0.25) is 0 Å². The molecular formula is C10H10Cl2O2. The zero-order valence-electron chi connectivity index (χ0n) is 7.36. The number of carbonyl (C=O) groups excluding carboxylic acids is 1. The maximum atomic E-state index is 10.3. The van der Waals surface area contributed by atoms with E-state index in [1.165, 1.54) is 0 Å². The van der Waals surface area contributed by atoms with Crippen LogP contribution in [0.3, 0.4) is 0 Å². The van der Waals surface area contributed by atoms with Gasteiger partial charge in [0.15, 0.2) is 10.6 Å². The van der Waals surface area contributed by atoms with Crippen molar-refractivity contribution in [3.05, 3.63) is 35.9 Å². The van der Waals surface area contributed by atoms with Crippen molar-refractivity contribution in [2.45, 2.75) is 16.9 Å². The summed E-state index contributed by atoms with van der Waals surface area (Å²) >= 11 is 11.6. The Kier molecular flexibility index (Phi) is 3.93. The van der Waals surface area contributed by atoms with Gasteiger partial charge in [-0.15, -0.1) is 0 Å². The lowest BCUT2D eigenvalue weighted by atomic mass is 10.1. The van der Waals surface area contributed by atoms with Gasteiger partial charge in [0.2, 0.25) is 0 Å². The van der Waals surface area contributed by atoms with Crippen LogP contribution >= 0.6 is 23.2 Å². The first-order valence-corrected chi connectivity index (χ1v) is 4.87. The van der Waals surface area contributed by atoms with Crippen LogP contribution in [0.5, 0.6) is 0 Å². The van der Waals surface area contributed by atoms with Crippen LogP contribution in [0.15, 0.2) is 30.3 Å². The van der Waals surface area contributed by atoms with Crippen LogP contribution < -0.4 is 0 Å². The summed E-state index contributed by atoms with van der Waals surface area (Å²) in [4.78, 5) is 10.3. The normalized spacial score (nSPS) is 13.6. The minimum absolute atomic E-state index is 0.233. The summed E-state index contributed by atoms with van der Waals surface area (Å²) in [7, 11) is 0. The standard InChI is InChI=1S/C10H10Cl2O2/c11-10(12,9(14)7-13)6-8-4-2-1-3-5-8/h1-5,7,9,14H,6H2. The SMILES string of the molecule is O=CC(O)C(Cl)(Cl)Cc1ccccc1. The second kappa shape index (κ2) is 4.78. The summed E-state index contributed by atoms with van der Waals surface area (Å²) in [5, 5.41) is 9.22. The van der Waals surface area contributed by atoms with Gasteiger partial charge in [0, 0.05) is 6.42 Å². The summed E-state index contributed by atoms with van der Waals surface area (Å²) in [5.74, 6) is 0. The second-order valence-electron chi connectivity index (χ2n) is 3.00. The molecule has 0 aliphatic heterocycles. The fraction of sp³-hybridized carbons (Fsp3) is 0.300. The van der Waals surface area contributed by atoms with Gasteiger partial charge in [-0.1, -0.05) is 53.5 Å². The average molecular weight is 233 g/mol. The Bertz CT molecular complexity index is 298. The third-order valence-electron chi connectivity index (χ3n) is 1.84. The summed E-state index contributed by atoms with van der Waals surface area (Å²) in [6.45, 7) is 0. The first-order valence-electron chi connectivity index (χ1n) is 4.11. The van der Waals surface area contributed by atoms with Crippen molar-refractivity contribution in [2.75, 3.05) is 0 Å². The monoisotopic (exact) mass is 232 g/mol. The first kappa shape index (κ1) is 11.5. The molecule has 1 N–H and O–H groups in total. The van der Waals surface area contributed by atoms with E-state index in [4.69, 9.17) is 23.2 Å². The first-order chi connectivity index (χ1) is 6.56. The molecule has 0 aliphatic carbocycles.